The van der Waals surface area contributed by atoms with Crippen molar-refractivity contribution in [1.82, 2.24) is 10.5 Å². The number of hydrogen-bond acceptors (Lipinski definition) is 3. The van der Waals surface area contributed by atoms with E-state index in [1.54, 1.807) is 0 Å². The number of aromatic nitrogens is 1. The van der Waals surface area contributed by atoms with Crippen molar-refractivity contribution in [2.75, 3.05) is 0 Å². The van der Waals surface area contributed by atoms with Gasteiger partial charge in [0.15, 0.2) is 0 Å². The molecule has 20 heavy (non-hydrogen) atoms. The van der Waals surface area contributed by atoms with Gasteiger partial charge in [-0.25, -0.2) is 0 Å². The van der Waals surface area contributed by atoms with Crippen molar-refractivity contribution in [3.05, 3.63) is 51.9 Å². The van der Waals surface area contributed by atoms with Crippen LogP contribution < -0.4 is 5.32 Å². The van der Waals surface area contributed by atoms with E-state index in [1.807, 2.05) is 26.0 Å². The average molecular weight is 293 g/mol. The Labute approximate surface area is 125 Å². The van der Waals surface area contributed by atoms with Gasteiger partial charge in [0.25, 0.3) is 0 Å². The lowest BCUT2D eigenvalue weighted by molar-refractivity contribution is 0.387. The van der Waals surface area contributed by atoms with Crippen LogP contribution >= 0.6 is 11.6 Å². The lowest BCUT2D eigenvalue weighted by Gasteiger charge is -2.23. The first-order chi connectivity index (χ1) is 9.49. The fraction of sp³-hybridized carbons (Fsp3) is 0.438. The van der Waals surface area contributed by atoms with Crippen molar-refractivity contribution < 1.29 is 4.52 Å². The summed E-state index contributed by atoms with van der Waals surface area (Å²) in [5.41, 5.74) is 3.34. The van der Waals surface area contributed by atoms with E-state index in [1.165, 1.54) is 5.56 Å². The topological polar surface area (TPSA) is 38.1 Å². The molecule has 0 aliphatic carbocycles. The standard InChI is InChI=1S/C16H21ClN2O/c1-10(2)16(13-5-7-14(17)8-6-13)18-9-15-11(3)19-20-12(15)4/h5-8,10,16,18H,9H2,1-4H3. The molecule has 0 radical (unpaired) electrons. The Morgan fingerprint density at radius 3 is 2.35 bits per heavy atom. The van der Waals surface area contributed by atoms with Crippen molar-refractivity contribution in [1.29, 1.82) is 0 Å². The summed E-state index contributed by atoms with van der Waals surface area (Å²) in [5, 5.41) is 8.35. The molecule has 1 atom stereocenters. The highest BCUT2D eigenvalue weighted by Gasteiger charge is 2.17. The summed E-state index contributed by atoms with van der Waals surface area (Å²) in [6.07, 6.45) is 0. The minimum atomic E-state index is 0.279. The molecular formula is C16H21ClN2O. The second kappa shape index (κ2) is 6.42. The number of nitrogens with zero attached hydrogens (tertiary/aromatic N) is 1. The van der Waals surface area contributed by atoms with Crippen LogP contribution in [0.4, 0.5) is 0 Å². The van der Waals surface area contributed by atoms with Gasteiger partial charge < -0.3 is 9.84 Å². The molecule has 108 valence electrons. The van der Waals surface area contributed by atoms with Crippen LogP contribution in [0.3, 0.4) is 0 Å². The second-order valence-electron chi connectivity index (χ2n) is 5.46. The van der Waals surface area contributed by atoms with Crippen molar-refractivity contribution in [3.63, 3.8) is 0 Å². The maximum absolute atomic E-state index is 5.95. The van der Waals surface area contributed by atoms with Crippen molar-refractivity contribution in [2.45, 2.75) is 40.3 Å². The Morgan fingerprint density at radius 2 is 1.85 bits per heavy atom. The fourth-order valence-electron chi connectivity index (χ4n) is 2.37. The quantitative estimate of drug-likeness (QED) is 0.886. The minimum Gasteiger partial charge on any atom is -0.361 e. The normalized spacial score (nSPS) is 12.9. The van der Waals surface area contributed by atoms with Crippen LogP contribution in [0.2, 0.25) is 5.02 Å². The first kappa shape index (κ1) is 15.1. The zero-order valence-corrected chi connectivity index (χ0v) is 13.2. The van der Waals surface area contributed by atoms with Gasteiger partial charge in [0.05, 0.1) is 5.69 Å². The third kappa shape index (κ3) is 3.41. The number of hydrogen-bond donors (Lipinski definition) is 1. The third-order valence-electron chi connectivity index (χ3n) is 3.58. The second-order valence-corrected chi connectivity index (χ2v) is 5.89. The predicted molar refractivity (Wildman–Crippen MR) is 81.8 cm³/mol. The van der Waals surface area contributed by atoms with E-state index in [9.17, 15) is 0 Å². The van der Waals surface area contributed by atoms with E-state index < -0.39 is 0 Å². The van der Waals surface area contributed by atoms with Gasteiger partial charge in [-0.1, -0.05) is 42.7 Å². The summed E-state index contributed by atoms with van der Waals surface area (Å²) in [7, 11) is 0. The summed E-state index contributed by atoms with van der Waals surface area (Å²) in [5.74, 6) is 1.37. The third-order valence-corrected chi connectivity index (χ3v) is 3.83. The molecule has 1 heterocycles. The smallest absolute Gasteiger partial charge is 0.138 e. The van der Waals surface area contributed by atoms with E-state index >= 15 is 0 Å². The first-order valence-electron chi connectivity index (χ1n) is 6.89. The van der Waals surface area contributed by atoms with E-state index in [0.29, 0.717) is 5.92 Å². The molecule has 0 spiro atoms. The average Bonchev–Trinajstić information content (AvgIpc) is 2.72. The molecule has 2 rings (SSSR count). The lowest BCUT2D eigenvalue weighted by atomic mass is 9.95. The molecule has 0 saturated heterocycles. The van der Waals surface area contributed by atoms with Gasteiger partial charge in [-0.3, -0.25) is 0 Å². The van der Waals surface area contributed by atoms with Gasteiger partial charge in [-0.2, -0.15) is 0 Å². The Bertz CT molecular complexity index is 541. The Balaban J connectivity index is 2.12. The highest BCUT2D eigenvalue weighted by atomic mass is 35.5. The van der Waals surface area contributed by atoms with Crippen LogP contribution in [0, 0.1) is 19.8 Å². The molecule has 1 unspecified atom stereocenters. The molecule has 0 aliphatic rings. The van der Waals surface area contributed by atoms with Crippen LogP contribution in [-0.2, 0) is 6.54 Å². The van der Waals surface area contributed by atoms with E-state index in [4.69, 9.17) is 16.1 Å². The summed E-state index contributed by atoms with van der Waals surface area (Å²) in [6.45, 7) is 9.09. The monoisotopic (exact) mass is 292 g/mol. The summed E-state index contributed by atoms with van der Waals surface area (Å²) < 4.78 is 5.20. The molecule has 1 N–H and O–H groups in total. The van der Waals surface area contributed by atoms with Crippen LogP contribution in [-0.4, -0.2) is 5.16 Å². The van der Waals surface area contributed by atoms with Crippen LogP contribution in [0.1, 0.15) is 42.5 Å². The SMILES string of the molecule is Cc1noc(C)c1CNC(c1ccc(Cl)cc1)C(C)C. The molecule has 0 amide bonds. The van der Waals surface area contributed by atoms with Crippen molar-refractivity contribution in [3.8, 4) is 0 Å². The minimum absolute atomic E-state index is 0.279. The lowest BCUT2D eigenvalue weighted by Crippen LogP contribution is -2.25. The first-order valence-corrected chi connectivity index (χ1v) is 7.27. The van der Waals surface area contributed by atoms with E-state index in [-0.39, 0.29) is 6.04 Å². The molecular weight excluding hydrogens is 272 g/mol. The van der Waals surface area contributed by atoms with Gasteiger partial charge in [-0.05, 0) is 37.5 Å². The number of nitrogens with one attached hydrogen (secondary N) is 1. The zero-order chi connectivity index (χ0) is 14.7. The van der Waals surface area contributed by atoms with Gasteiger partial charge in [0.2, 0.25) is 0 Å². The molecule has 0 saturated carbocycles. The molecule has 1 aromatic carbocycles. The maximum Gasteiger partial charge on any atom is 0.138 e. The summed E-state index contributed by atoms with van der Waals surface area (Å²) in [4.78, 5) is 0. The van der Waals surface area contributed by atoms with Gasteiger partial charge in [-0.15, -0.1) is 0 Å². The van der Waals surface area contributed by atoms with Crippen LogP contribution in [0.25, 0.3) is 0 Å². The largest absolute Gasteiger partial charge is 0.361 e. The molecule has 2 aromatic rings. The predicted octanol–water partition coefficient (Wildman–Crippen LogP) is 4.43. The van der Waals surface area contributed by atoms with E-state index in [2.05, 4.69) is 36.5 Å². The summed E-state index contributed by atoms with van der Waals surface area (Å²) in [6, 6.07) is 8.30. The van der Waals surface area contributed by atoms with Gasteiger partial charge in [0, 0.05) is 23.2 Å². The van der Waals surface area contributed by atoms with Crippen molar-refractivity contribution >= 4 is 11.6 Å². The molecule has 4 heteroatoms. The van der Waals surface area contributed by atoms with E-state index in [0.717, 1.165) is 28.6 Å². The molecule has 0 fully saturated rings. The number of halogens is 1. The Morgan fingerprint density at radius 1 is 1.20 bits per heavy atom. The molecule has 1 aromatic heterocycles. The Kier molecular flexibility index (Phi) is 4.84. The molecule has 3 nitrogen and oxygen atoms in total. The maximum atomic E-state index is 5.95. The Hall–Kier alpha value is -1.32. The van der Waals surface area contributed by atoms with Crippen molar-refractivity contribution in [2.24, 2.45) is 5.92 Å². The van der Waals surface area contributed by atoms with Crippen LogP contribution in [0.15, 0.2) is 28.8 Å². The zero-order valence-electron chi connectivity index (χ0n) is 12.4. The van der Waals surface area contributed by atoms with Gasteiger partial charge >= 0.3 is 0 Å². The van der Waals surface area contributed by atoms with Crippen LogP contribution in [0.5, 0.6) is 0 Å². The molecule has 0 bridgehead atoms. The fourth-order valence-corrected chi connectivity index (χ4v) is 2.50. The summed E-state index contributed by atoms with van der Waals surface area (Å²) >= 11 is 5.95. The number of rotatable bonds is 5. The highest BCUT2D eigenvalue weighted by molar-refractivity contribution is 6.30. The number of aryl methyl sites for hydroxylation is 2. The van der Waals surface area contributed by atoms with Gasteiger partial charge in [0.1, 0.15) is 5.76 Å². The number of benzene rings is 1. The highest BCUT2D eigenvalue weighted by Crippen LogP contribution is 2.24. The molecule has 0 aliphatic heterocycles.